The molecule has 6 nitrogen and oxygen atoms in total. The summed E-state index contributed by atoms with van der Waals surface area (Å²) in [5, 5.41) is 23.3. The van der Waals surface area contributed by atoms with Gasteiger partial charge in [-0.05, 0) is 57.8 Å². The van der Waals surface area contributed by atoms with Gasteiger partial charge in [-0.15, -0.1) is 0 Å². The molecule has 2 atom stereocenters. The fraction of sp³-hybridized carbons (Fsp3) is 0.897. The molecule has 0 radical (unpaired) electrons. The predicted octanol–water partition coefficient (Wildman–Crippen LogP) is 17.5. The fourth-order valence-corrected chi connectivity index (χ4v) is 8.85. The van der Waals surface area contributed by atoms with Crippen molar-refractivity contribution in [1.29, 1.82) is 0 Å². The van der Waals surface area contributed by atoms with E-state index in [0.717, 1.165) is 57.8 Å². The number of hydrogen-bond donors (Lipinski definition) is 3. The molecule has 0 rings (SSSR count). The molecule has 0 aliphatic rings. The highest BCUT2D eigenvalue weighted by Gasteiger charge is 2.20. The number of carbonyl (C=O) groups excluding carboxylic acids is 2. The second-order valence-corrected chi connectivity index (χ2v) is 19.6. The second kappa shape index (κ2) is 54.0. The molecule has 2 unspecified atom stereocenters. The number of hydrogen-bond acceptors (Lipinski definition) is 5. The Morgan fingerprint density at radius 1 is 0.438 bits per heavy atom. The van der Waals surface area contributed by atoms with Crippen molar-refractivity contribution in [3.63, 3.8) is 0 Å². The van der Waals surface area contributed by atoms with E-state index in [4.69, 9.17) is 4.74 Å². The molecular formula is C58H111NO5. The zero-order chi connectivity index (χ0) is 46.5. The van der Waals surface area contributed by atoms with Crippen molar-refractivity contribution in [2.24, 2.45) is 0 Å². The van der Waals surface area contributed by atoms with Crippen LogP contribution in [0.1, 0.15) is 309 Å². The Bertz CT molecular complexity index is 997. The van der Waals surface area contributed by atoms with E-state index in [1.807, 2.05) is 0 Å². The summed E-state index contributed by atoms with van der Waals surface area (Å²) in [4.78, 5) is 24.5. The normalized spacial score (nSPS) is 12.8. The maximum Gasteiger partial charge on any atom is 0.305 e. The zero-order valence-corrected chi connectivity index (χ0v) is 43.0. The zero-order valence-electron chi connectivity index (χ0n) is 43.0. The molecule has 0 fully saturated rings. The van der Waals surface area contributed by atoms with Gasteiger partial charge in [-0.3, -0.25) is 9.59 Å². The number of aliphatic hydroxyl groups is 2. The quantitative estimate of drug-likeness (QED) is 0.0321. The van der Waals surface area contributed by atoms with Crippen LogP contribution in [-0.4, -0.2) is 47.4 Å². The first-order chi connectivity index (χ1) is 31.5. The SMILES string of the molecule is CCCCCC/C=C\C/C=C\CCCCCCCC(=O)OCCCCCCCCCCCCCCCC(=O)NC(CO)C(O)CCCCCCCCCCCCCCCCCCCC. The number of unbranched alkanes of at least 4 members (excludes halogenated alkanes) is 38. The van der Waals surface area contributed by atoms with Gasteiger partial charge in [0.15, 0.2) is 0 Å². The summed E-state index contributed by atoms with van der Waals surface area (Å²) >= 11 is 0. The van der Waals surface area contributed by atoms with Crippen LogP contribution in [0.25, 0.3) is 0 Å². The van der Waals surface area contributed by atoms with Crippen LogP contribution in [-0.2, 0) is 14.3 Å². The molecule has 1 amide bonds. The van der Waals surface area contributed by atoms with E-state index in [-0.39, 0.29) is 18.5 Å². The van der Waals surface area contributed by atoms with Crippen LogP contribution >= 0.6 is 0 Å². The molecule has 0 spiro atoms. The van der Waals surface area contributed by atoms with Crippen molar-refractivity contribution in [3.8, 4) is 0 Å². The monoisotopic (exact) mass is 902 g/mol. The maximum absolute atomic E-state index is 12.5. The molecule has 0 aromatic carbocycles. The Morgan fingerprint density at radius 2 is 0.781 bits per heavy atom. The van der Waals surface area contributed by atoms with Crippen LogP contribution in [0.5, 0.6) is 0 Å². The third-order valence-corrected chi connectivity index (χ3v) is 13.3. The average molecular weight is 903 g/mol. The smallest absolute Gasteiger partial charge is 0.305 e. The Morgan fingerprint density at radius 3 is 1.20 bits per heavy atom. The van der Waals surface area contributed by atoms with Gasteiger partial charge in [0.25, 0.3) is 0 Å². The molecule has 0 saturated heterocycles. The minimum absolute atomic E-state index is 0.0183. The highest BCUT2D eigenvalue weighted by Crippen LogP contribution is 2.17. The Kier molecular flexibility index (Phi) is 52.6. The molecule has 0 saturated carbocycles. The van der Waals surface area contributed by atoms with Crippen molar-refractivity contribution < 1.29 is 24.5 Å². The number of esters is 1. The maximum atomic E-state index is 12.5. The number of nitrogens with one attached hydrogen (secondary N) is 1. The minimum Gasteiger partial charge on any atom is -0.466 e. The third kappa shape index (κ3) is 49.8. The molecular weight excluding hydrogens is 791 g/mol. The van der Waals surface area contributed by atoms with Crippen LogP contribution in [0.4, 0.5) is 0 Å². The molecule has 0 aliphatic carbocycles. The highest BCUT2D eigenvalue weighted by molar-refractivity contribution is 5.76. The molecule has 64 heavy (non-hydrogen) atoms. The standard InChI is InChI=1S/C58H111NO5/c1-3-5-7-9-11-13-15-17-19-21-22-23-26-30-34-38-42-46-50-56(61)55(54-60)59-57(62)51-47-43-39-35-31-27-25-29-33-37-41-45-49-53-64-58(63)52-48-44-40-36-32-28-24-20-18-16-14-12-10-8-6-4-2/h14,16,20,24,55-56,60-61H,3-13,15,17-19,21-23,25-54H2,1-2H3,(H,59,62)/b16-14-,24-20-. The number of allylic oxidation sites excluding steroid dienone is 4. The van der Waals surface area contributed by atoms with Crippen LogP contribution in [0.3, 0.4) is 0 Å². The van der Waals surface area contributed by atoms with E-state index < -0.39 is 12.1 Å². The second-order valence-electron chi connectivity index (χ2n) is 19.6. The van der Waals surface area contributed by atoms with Gasteiger partial charge in [-0.1, -0.05) is 263 Å². The van der Waals surface area contributed by atoms with Gasteiger partial charge in [0, 0.05) is 12.8 Å². The fourth-order valence-electron chi connectivity index (χ4n) is 8.85. The first-order valence-electron chi connectivity index (χ1n) is 28.6. The molecule has 0 aromatic rings. The van der Waals surface area contributed by atoms with E-state index in [1.165, 1.54) is 218 Å². The van der Waals surface area contributed by atoms with Gasteiger partial charge in [-0.2, -0.15) is 0 Å². The van der Waals surface area contributed by atoms with Crippen LogP contribution in [0.15, 0.2) is 24.3 Å². The Balaban J connectivity index is 3.46. The van der Waals surface area contributed by atoms with Gasteiger partial charge in [0.1, 0.15) is 0 Å². The van der Waals surface area contributed by atoms with E-state index >= 15 is 0 Å². The lowest BCUT2D eigenvalue weighted by Crippen LogP contribution is -2.45. The van der Waals surface area contributed by atoms with E-state index in [2.05, 4.69) is 43.5 Å². The first-order valence-corrected chi connectivity index (χ1v) is 28.6. The highest BCUT2D eigenvalue weighted by atomic mass is 16.5. The lowest BCUT2D eigenvalue weighted by Gasteiger charge is -2.22. The van der Waals surface area contributed by atoms with Gasteiger partial charge in [-0.25, -0.2) is 0 Å². The topological polar surface area (TPSA) is 95.9 Å². The Labute approximate surface area is 399 Å². The van der Waals surface area contributed by atoms with Crippen LogP contribution < -0.4 is 5.32 Å². The van der Waals surface area contributed by atoms with Gasteiger partial charge in [0.05, 0.1) is 25.4 Å². The minimum atomic E-state index is -0.674. The lowest BCUT2D eigenvalue weighted by molar-refractivity contribution is -0.143. The van der Waals surface area contributed by atoms with Crippen molar-refractivity contribution in [2.75, 3.05) is 13.2 Å². The van der Waals surface area contributed by atoms with Gasteiger partial charge >= 0.3 is 5.97 Å². The van der Waals surface area contributed by atoms with Crippen molar-refractivity contribution in [2.45, 2.75) is 321 Å². The number of aliphatic hydroxyl groups excluding tert-OH is 2. The Hall–Kier alpha value is -1.66. The third-order valence-electron chi connectivity index (χ3n) is 13.3. The summed E-state index contributed by atoms with van der Waals surface area (Å²) < 4.78 is 5.47. The van der Waals surface area contributed by atoms with Crippen LogP contribution in [0.2, 0.25) is 0 Å². The van der Waals surface area contributed by atoms with Gasteiger partial charge in [0.2, 0.25) is 5.91 Å². The summed E-state index contributed by atoms with van der Waals surface area (Å²) in [6, 6.07) is -0.552. The van der Waals surface area contributed by atoms with Crippen LogP contribution in [0, 0.1) is 0 Å². The molecule has 0 bridgehead atoms. The van der Waals surface area contributed by atoms with Crippen molar-refractivity contribution >= 4 is 11.9 Å². The van der Waals surface area contributed by atoms with E-state index in [9.17, 15) is 19.8 Å². The first kappa shape index (κ1) is 62.3. The summed E-state index contributed by atoms with van der Waals surface area (Å²) in [5.41, 5.74) is 0. The molecule has 3 N–H and O–H groups in total. The summed E-state index contributed by atoms with van der Waals surface area (Å²) in [6.45, 7) is 4.92. The van der Waals surface area contributed by atoms with Crippen molar-refractivity contribution in [1.82, 2.24) is 5.32 Å². The number of carbonyl (C=O) groups is 2. The molecule has 0 aromatic heterocycles. The number of rotatable bonds is 53. The van der Waals surface area contributed by atoms with E-state index in [0.29, 0.717) is 25.9 Å². The number of amides is 1. The lowest BCUT2D eigenvalue weighted by atomic mass is 10.0. The summed E-state index contributed by atoms with van der Waals surface area (Å²) in [7, 11) is 0. The largest absolute Gasteiger partial charge is 0.466 e. The molecule has 0 aliphatic heterocycles. The van der Waals surface area contributed by atoms with Crippen molar-refractivity contribution in [3.05, 3.63) is 24.3 Å². The molecule has 6 heteroatoms. The van der Waals surface area contributed by atoms with E-state index in [1.54, 1.807) is 0 Å². The average Bonchev–Trinajstić information content (AvgIpc) is 3.29. The summed E-state index contributed by atoms with van der Waals surface area (Å²) in [5.74, 6) is -0.0647. The predicted molar refractivity (Wildman–Crippen MR) is 278 cm³/mol. The molecule has 0 heterocycles. The number of ether oxygens (including phenoxy) is 1. The molecule has 378 valence electrons. The summed E-state index contributed by atoms with van der Waals surface area (Å²) in [6.07, 6.45) is 64.4. The van der Waals surface area contributed by atoms with Gasteiger partial charge < -0.3 is 20.3 Å².